The van der Waals surface area contributed by atoms with Crippen molar-refractivity contribution < 1.29 is 19.1 Å². The average Bonchev–Trinajstić information content (AvgIpc) is 3.00. The summed E-state index contributed by atoms with van der Waals surface area (Å²) >= 11 is 5.92. The molecular formula is C17H20ClNO4. The number of anilines is 1. The van der Waals surface area contributed by atoms with Crippen LogP contribution in [0.2, 0.25) is 5.02 Å². The summed E-state index contributed by atoms with van der Waals surface area (Å²) < 4.78 is 10.4. The van der Waals surface area contributed by atoms with Gasteiger partial charge in [0.25, 0.3) is 5.91 Å². The normalized spacial score (nSPS) is 17.6. The van der Waals surface area contributed by atoms with E-state index in [0.29, 0.717) is 22.9 Å². The number of methoxy groups -OCH3 is 1. The van der Waals surface area contributed by atoms with Crippen molar-refractivity contribution in [3.63, 3.8) is 0 Å². The summed E-state index contributed by atoms with van der Waals surface area (Å²) in [6, 6.07) is 4.89. The topological polar surface area (TPSA) is 64.6 Å². The van der Waals surface area contributed by atoms with Gasteiger partial charge in [0, 0.05) is 5.02 Å². The van der Waals surface area contributed by atoms with Crippen LogP contribution in [0.1, 0.15) is 26.2 Å². The van der Waals surface area contributed by atoms with E-state index in [9.17, 15) is 9.59 Å². The van der Waals surface area contributed by atoms with Gasteiger partial charge in [0.1, 0.15) is 5.75 Å². The van der Waals surface area contributed by atoms with Gasteiger partial charge in [0.2, 0.25) is 0 Å². The van der Waals surface area contributed by atoms with E-state index in [-0.39, 0.29) is 11.9 Å². The first-order chi connectivity index (χ1) is 11.0. The first-order valence-corrected chi connectivity index (χ1v) is 7.88. The smallest absolute Gasteiger partial charge is 0.307 e. The van der Waals surface area contributed by atoms with E-state index >= 15 is 0 Å². The van der Waals surface area contributed by atoms with E-state index in [0.717, 1.165) is 12.8 Å². The third-order valence-electron chi connectivity index (χ3n) is 3.64. The molecule has 23 heavy (non-hydrogen) atoms. The summed E-state index contributed by atoms with van der Waals surface area (Å²) in [4.78, 5) is 24.0. The summed E-state index contributed by atoms with van der Waals surface area (Å²) in [6.07, 6.45) is 5.42. The number of ether oxygens (including phenoxy) is 2. The molecule has 1 N–H and O–H groups in total. The third-order valence-corrected chi connectivity index (χ3v) is 3.87. The van der Waals surface area contributed by atoms with Crippen LogP contribution in [-0.2, 0) is 14.3 Å². The largest absolute Gasteiger partial charge is 0.495 e. The maximum atomic E-state index is 12.2. The van der Waals surface area contributed by atoms with Gasteiger partial charge in [-0.1, -0.05) is 23.8 Å². The molecule has 0 fully saturated rings. The lowest BCUT2D eigenvalue weighted by Gasteiger charge is -2.16. The van der Waals surface area contributed by atoms with Crippen molar-refractivity contribution in [3.05, 3.63) is 35.4 Å². The summed E-state index contributed by atoms with van der Waals surface area (Å²) in [5.41, 5.74) is 0.437. The molecule has 0 aliphatic heterocycles. The molecule has 1 aliphatic carbocycles. The summed E-state index contributed by atoms with van der Waals surface area (Å²) in [6.45, 7) is 1.54. The molecule has 1 aliphatic rings. The van der Waals surface area contributed by atoms with Crippen LogP contribution in [0.25, 0.3) is 0 Å². The Morgan fingerprint density at radius 1 is 1.43 bits per heavy atom. The van der Waals surface area contributed by atoms with Crippen LogP contribution in [0.3, 0.4) is 0 Å². The number of rotatable bonds is 6. The highest BCUT2D eigenvalue weighted by Gasteiger charge is 2.21. The molecule has 0 heterocycles. The number of carbonyl (C=O) groups is 2. The number of hydrogen-bond donors (Lipinski definition) is 1. The predicted octanol–water partition coefficient (Wildman–Crippen LogP) is 3.58. The molecule has 0 bridgehead atoms. The van der Waals surface area contributed by atoms with Crippen molar-refractivity contribution in [2.24, 2.45) is 5.92 Å². The van der Waals surface area contributed by atoms with Gasteiger partial charge in [-0.15, -0.1) is 0 Å². The minimum Gasteiger partial charge on any atom is -0.495 e. The molecule has 1 amide bonds. The number of hydrogen-bond acceptors (Lipinski definition) is 4. The van der Waals surface area contributed by atoms with Crippen LogP contribution in [0, 0.1) is 5.92 Å². The van der Waals surface area contributed by atoms with Gasteiger partial charge in [0.15, 0.2) is 6.10 Å². The molecule has 6 heteroatoms. The molecular weight excluding hydrogens is 318 g/mol. The minimum atomic E-state index is -0.892. The lowest BCUT2D eigenvalue weighted by molar-refractivity contribution is -0.153. The summed E-state index contributed by atoms with van der Waals surface area (Å²) in [5.74, 6) is -0.105. The van der Waals surface area contributed by atoms with Gasteiger partial charge < -0.3 is 14.8 Å². The van der Waals surface area contributed by atoms with Crippen LogP contribution >= 0.6 is 11.6 Å². The summed E-state index contributed by atoms with van der Waals surface area (Å²) in [7, 11) is 1.50. The first-order valence-electron chi connectivity index (χ1n) is 7.50. The van der Waals surface area contributed by atoms with Crippen LogP contribution in [-0.4, -0.2) is 25.1 Å². The molecule has 2 atom stereocenters. The molecule has 1 aromatic carbocycles. The quantitative estimate of drug-likeness (QED) is 0.636. The Balaban J connectivity index is 1.90. The predicted molar refractivity (Wildman–Crippen MR) is 88.7 cm³/mol. The van der Waals surface area contributed by atoms with Gasteiger partial charge in [-0.3, -0.25) is 9.59 Å². The molecule has 0 saturated heterocycles. The number of carbonyl (C=O) groups excluding carboxylic acids is 2. The minimum absolute atomic E-state index is 0.214. The fourth-order valence-corrected chi connectivity index (χ4v) is 2.56. The number of benzene rings is 1. The van der Waals surface area contributed by atoms with E-state index < -0.39 is 12.0 Å². The van der Waals surface area contributed by atoms with E-state index in [2.05, 4.69) is 11.4 Å². The standard InChI is InChI=1S/C17H20ClNO4/c1-11(23-16(20)9-12-5-3-4-6-12)17(21)19-14-10-13(18)7-8-15(14)22-2/h3,5,7-8,10-12H,4,6,9H2,1-2H3,(H,19,21)/t11-,12-/m0/s1. The monoisotopic (exact) mass is 337 g/mol. The van der Waals surface area contributed by atoms with Crippen molar-refractivity contribution >= 4 is 29.2 Å². The van der Waals surface area contributed by atoms with Crippen molar-refractivity contribution in [2.45, 2.75) is 32.3 Å². The molecule has 0 aromatic heterocycles. The van der Waals surface area contributed by atoms with Crippen molar-refractivity contribution in [2.75, 3.05) is 12.4 Å². The van der Waals surface area contributed by atoms with Crippen LogP contribution < -0.4 is 10.1 Å². The zero-order chi connectivity index (χ0) is 16.8. The Hall–Kier alpha value is -2.01. The fraction of sp³-hybridized carbons (Fsp3) is 0.412. The average molecular weight is 338 g/mol. The number of amides is 1. The molecule has 2 rings (SSSR count). The molecule has 0 spiro atoms. The number of esters is 1. The van der Waals surface area contributed by atoms with Gasteiger partial charge in [-0.2, -0.15) is 0 Å². The molecule has 5 nitrogen and oxygen atoms in total. The Morgan fingerprint density at radius 2 is 2.22 bits per heavy atom. The SMILES string of the molecule is COc1ccc(Cl)cc1NC(=O)[C@H](C)OC(=O)C[C@H]1C=CCC1. The highest BCUT2D eigenvalue weighted by molar-refractivity contribution is 6.31. The molecule has 124 valence electrons. The molecule has 0 unspecified atom stereocenters. The van der Waals surface area contributed by atoms with E-state index in [1.807, 2.05) is 6.08 Å². The number of nitrogens with one attached hydrogen (secondary N) is 1. The second-order valence-corrected chi connectivity index (χ2v) is 5.87. The van der Waals surface area contributed by atoms with Crippen LogP contribution in [0.4, 0.5) is 5.69 Å². The zero-order valence-electron chi connectivity index (χ0n) is 13.2. The molecule has 1 aromatic rings. The second kappa shape index (κ2) is 8.02. The lowest BCUT2D eigenvalue weighted by Crippen LogP contribution is -2.30. The van der Waals surface area contributed by atoms with Gasteiger partial charge in [-0.05, 0) is 43.9 Å². The van der Waals surface area contributed by atoms with Gasteiger partial charge >= 0.3 is 5.97 Å². The third kappa shape index (κ3) is 4.99. The molecule has 0 radical (unpaired) electrons. The zero-order valence-corrected chi connectivity index (χ0v) is 13.9. The van der Waals surface area contributed by atoms with Crippen LogP contribution in [0.5, 0.6) is 5.75 Å². The van der Waals surface area contributed by atoms with Crippen LogP contribution in [0.15, 0.2) is 30.4 Å². The van der Waals surface area contributed by atoms with E-state index in [1.54, 1.807) is 18.2 Å². The maximum Gasteiger partial charge on any atom is 0.307 e. The van der Waals surface area contributed by atoms with Gasteiger partial charge in [-0.25, -0.2) is 0 Å². The summed E-state index contributed by atoms with van der Waals surface area (Å²) in [5, 5.41) is 3.13. The Morgan fingerprint density at radius 3 is 2.87 bits per heavy atom. The van der Waals surface area contributed by atoms with Crippen molar-refractivity contribution in [3.8, 4) is 5.75 Å². The Kier molecular flexibility index (Phi) is 6.04. The van der Waals surface area contributed by atoms with Gasteiger partial charge in [0.05, 0.1) is 19.2 Å². The highest BCUT2D eigenvalue weighted by atomic mass is 35.5. The molecule has 0 saturated carbocycles. The van der Waals surface area contributed by atoms with Crippen molar-refractivity contribution in [1.29, 1.82) is 0 Å². The highest BCUT2D eigenvalue weighted by Crippen LogP contribution is 2.28. The first kappa shape index (κ1) is 17.3. The Labute approximate surface area is 140 Å². The fourth-order valence-electron chi connectivity index (χ4n) is 2.39. The number of halogens is 1. The maximum absolute atomic E-state index is 12.2. The van der Waals surface area contributed by atoms with E-state index in [1.165, 1.54) is 14.0 Å². The second-order valence-electron chi connectivity index (χ2n) is 5.44. The number of allylic oxidation sites excluding steroid dienone is 2. The van der Waals surface area contributed by atoms with E-state index in [4.69, 9.17) is 21.1 Å². The Bertz CT molecular complexity index is 615. The lowest BCUT2D eigenvalue weighted by atomic mass is 10.1. The van der Waals surface area contributed by atoms with Crippen molar-refractivity contribution in [1.82, 2.24) is 0 Å².